The molecule has 0 amide bonds. The van der Waals surface area contributed by atoms with Crippen molar-refractivity contribution >= 4 is 0 Å². The van der Waals surface area contributed by atoms with Crippen LogP contribution in [-0.2, 0) is 6.42 Å². The minimum absolute atomic E-state index is 0.718. The second-order valence-electron chi connectivity index (χ2n) is 4.89. The molecule has 0 bridgehead atoms. The molecule has 0 atom stereocenters. The van der Waals surface area contributed by atoms with Gasteiger partial charge in [0.15, 0.2) is 0 Å². The predicted molar refractivity (Wildman–Crippen MR) is 57.8 cm³/mol. The maximum absolute atomic E-state index is 5.40. The highest BCUT2D eigenvalue weighted by atomic mass is 16.5. The molecule has 1 aromatic rings. The molecule has 1 aliphatic carbocycles. The van der Waals surface area contributed by atoms with E-state index in [0.717, 1.165) is 37.1 Å². The smallest absolute Gasteiger partial charge is 0.137 e. The maximum Gasteiger partial charge on any atom is 0.137 e. The van der Waals surface area contributed by atoms with Crippen LogP contribution in [0.1, 0.15) is 43.1 Å². The Bertz CT molecular complexity index is 324. The van der Waals surface area contributed by atoms with Gasteiger partial charge in [-0.05, 0) is 44.7 Å². The van der Waals surface area contributed by atoms with Gasteiger partial charge in [-0.1, -0.05) is 5.16 Å². The zero-order chi connectivity index (χ0) is 10.1. The van der Waals surface area contributed by atoms with E-state index >= 15 is 0 Å². The van der Waals surface area contributed by atoms with Crippen LogP contribution >= 0.6 is 0 Å². The molecular formula is C12H18N2O. The fraction of sp³-hybridized carbons (Fsp3) is 0.750. The Hall–Kier alpha value is -0.830. The van der Waals surface area contributed by atoms with Crippen LogP contribution in [0.3, 0.4) is 0 Å². The third-order valence-electron chi connectivity index (χ3n) is 3.52. The molecule has 82 valence electrons. The van der Waals surface area contributed by atoms with E-state index in [4.69, 9.17) is 4.52 Å². The fourth-order valence-corrected chi connectivity index (χ4v) is 2.37. The first-order chi connectivity index (χ1) is 7.42. The van der Waals surface area contributed by atoms with Gasteiger partial charge in [-0.15, -0.1) is 0 Å². The first kappa shape index (κ1) is 9.40. The van der Waals surface area contributed by atoms with Crippen molar-refractivity contribution in [1.82, 2.24) is 10.5 Å². The summed E-state index contributed by atoms with van der Waals surface area (Å²) in [6, 6.07) is 2.18. The van der Waals surface area contributed by atoms with Gasteiger partial charge >= 0.3 is 0 Å². The first-order valence-electron chi connectivity index (χ1n) is 6.08. The molecule has 1 N–H and O–H groups in total. The highest BCUT2D eigenvalue weighted by Gasteiger charge is 2.27. The standard InChI is InChI=1S/C12H18N2O/c1-2-10(1)12-8-11(15-14-12)7-9-3-5-13-6-4-9/h8-10,13H,1-7H2. The average Bonchev–Trinajstić information content (AvgIpc) is 3.02. The summed E-state index contributed by atoms with van der Waals surface area (Å²) in [7, 11) is 0. The molecule has 3 heteroatoms. The summed E-state index contributed by atoms with van der Waals surface area (Å²) in [4.78, 5) is 0. The van der Waals surface area contributed by atoms with E-state index in [1.165, 1.54) is 31.4 Å². The summed E-state index contributed by atoms with van der Waals surface area (Å²) in [6.07, 6.45) is 6.25. The number of piperidine rings is 1. The number of hydrogen-bond donors (Lipinski definition) is 1. The zero-order valence-electron chi connectivity index (χ0n) is 9.04. The first-order valence-corrected chi connectivity index (χ1v) is 6.08. The van der Waals surface area contributed by atoms with Crippen molar-refractivity contribution in [2.24, 2.45) is 5.92 Å². The van der Waals surface area contributed by atoms with E-state index in [1.54, 1.807) is 0 Å². The molecule has 0 radical (unpaired) electrons. The highest BCUT2D eigenvalue weighted by Crippen LogP contribution is 2.39. The normalized spacial score (nSPS) is 23.2. The van der Waals surface area contributed by atoms with Gasteiger partial charge in [0.1, 0.15) is 5.76 Å². The zero-order valence-corrected chi connectivity index (χ0v) is 9.04. The van der Waals surface area contributed by atoms with Crippen LogP contribution in [0.25, 0.3) is 0 Å². The number of rotatable bonds is 3. The van der Waals surface area contributed by atoms with Crippen LogP contribution in [0.15, 0.2) is 10.6 Å². The van der Waals surface area contributed by atoms with Gasteiger partial charge in [-0.25, -0.2) is 0 Å². The lowest BCUT2D eigenvalue weighted by Crippen LogP contribution is -2.28. The Kier molecular flexibility index (Phi) is 2.49. The van der Waals surface area contributed by atoms with Crippen molar-refractivity contribution in [3.8, 4) is 0 Å². The second kappa shape index (κ2) is 3.97. The molecule has 0 unspecified atom stereocenters. The molecule has 0 spiro atoms. The quantitative estimate of drug-likeness (QED) is 0.823. The molecule has 2 aliphatic rings. The Morgan fingerprint density at radius 3 is 2.80 bits per heavy atom. The predicted octanol–water partition coefficient (Wildman–Crippen LogP) is 2.09. The SMILES string of the molecule is c1c(C2CC2)noc1CC1CCNCC1. The minimum atomic E-state index is 0.718. The van der Waals surface area contributed by atoms with E-state index in [0.29, 0.717) is 0 Å². The monoisotopic (exact) mass is 206 g/mol. The Morgan fingerprint density at radius 2 is 2.07 bits per heavy atom. The minimum Gasteiger partial charge on any atom is -0.361 e. The molecule has 0 aromatic carbocycles. The van der Waals surface area contributed by atoms with Gasteiger partial charge in [0.05, 0.1) is 5.69 Å². The van der Waals surface area contributed by atoms with Crippen LogP contribution in [-0.4, -0.2) is 18.2 Å². The van der Waals surface area contributed by atoms with E-state index < -0.39 is 0 Å². The molecule has 1 aliphatic heterocycles. The number of hydrogen-bond acceptors (Lipinski definition) is 3. The molecule has 1 saturated carbocycles. The molecule has 2 fully saturated rings. The summed E-state index contributed by atoms with van der Waals surface area (Å²) >= 11 is 0. The number of nitrogens with one attached hydrogen (secondary N) is 1. The van der Waals surface area contributed by atoms with Crippen molar-refractivity contribution in [3.63, 3.8) is 0 Å². The van der Waals surface area contributed by atoms with E-state index in [2.05, 4.69) is 16.5 Å². The molecule has 1 saturated heterocycles. The third kappa shape index (κ3) is 2.23. The molecular weight excluding hydrogens is 188 g/mol. The van der Waals surface area contributed by atoms with Gasteiger partial charge < -0.3 is 9.84 Å². The van der Waals surface area contributed by atoms with Gasteiger partial charge in [0.2, 0.25) is 0 Å². The second-order valence-corrected chi connectivity index (χ2v) is 4.89. The molecule has 15 heavy (non-hydrogen) atoms. The summed E-state index contributed by atoms with van der Waals surface area (Å²) in [5.74, 6) is 2.62. The molecule has 3 nitrogen and oxygen atoms in total. The van der Waals surface area contributed by atoms with Crippen molar-refractivity contribution < 1.29 is 4.52 Å². The fourth-order valence-electron chi connectivity index (χ4n) is 2.37. The summed E-state index contributed by atoms with van der Waals surface area (Å²) in [5.41, 5.74) is 1.19. The summed E-state index contributed by atoms with van der Waals surface area (Å²) in [5, 5.41) is 7.54. The van der Waals surface area contributed by atoms with Gasteiger partial charge in [0, 0.05) is 18.4 Å². The topological polar surface area (TPSA) is 38.1 Å². The maximum atomic E-state index is 5.40. The number of aromatic nitrogens is 1. The summed E-state index contributed by atoms with van der Waals surface area (Å²) < 4.78 is 5.40. The van der Waals surface area contributed by atoms with Crippen LogP contribution < -0.4 is 5.32 Å². The van der Waals surface area contributed by atoms with Crippen molar-refractivity contribution in [2.75, 3.05) is 13.1 Å². The number of nitrogens with zero attached hydrogens (tertiary/aromatic N) is 1. The van der Waals surface area contributed by atoms with E-state index in [-0.39, 0.29) is 0 Å². The highest BCUT2D eigenvalue weighted by molar-refractivity contribution is 5.15. The molecule has 3 rings (SSSR count). The largest absolute Gasteiger partial charge is 0.361 e. The molecule has 1 aromatic heterocycles. The van der Waals surface area contributed by atoms with Crippen LogP contribution in [0.5, 0.6) is 0 Å². The van der Waals surface area contributed by atoms with Crippen molar-refractivity contribution in [1.29, 1.82) is 0 Å². The Morgan fingerprint density at radius 1 is 1.27 bits per heavy atom. The Labute approximate surface area is 90.2 Å². The lowest BCUT2D eigenvalue weighted by Gasteiger charge is -2.21. The summed E-state index contributed by atoms with van der Waals surface area (Å²) in [6.45, 7) is 2.32. The lowest BCUT2D eigenvalue weighted by molar-refractivity contribution is 0.317. The average molecular weight is 206 g/mol. The Balaban J connectivity index is 1.60. The van der Waals surface area contributed by atoms with Crippen molar-refractivity contribution in [2.45, 2.75) is 38.0 Å². The van der Waals surface area contributed by atoms with Crippen molar-refractivity contribution in [3.05, 3.63) is 17.5 Å². The van der Waals surface area contributed by atoms with Crippen LogP contribution in [0, 0.1) is 5.92 Å². The van der Waals surface area contributed by atoms with Crippen LogP contribution in [0.2, 0.25) is 0 Å². The van der Waals surface area contributed by atoms with E-state index in [9.17, 15) is 0 Å². The van der Waals surface area contributed by atoms with Crippen LogP contribution in [0.4, 0.5) is 0 Å². The molecule has 2 heterocycles. The van der Waals surface area contributed by atoms with Gasteiger partial charge in [-0.3, -0.25) is 0 Å². The lowest BCUT2D eigenvalue weighted by atomic mass is 9.93. The van der Waals surface area contributed by atoms with Gasteiger partial charge in [-0.2, -0.15) is 0 Å². The van der Waals surface area contributed by atoms with E-state index in [1.807, 2.05) is 0 Å². The third-order valence-corrected chi connectivity index (χ3v) is 3.52. The van der Waals surface area contributed by atoms with Gasteiger partial charge in [0.25, 0.3) is 0 Å².